The van der Waals surface area contributed by atoms with Crippen LogP contribution < -0.4 is 9.47 Å². The van der Waals surface area contributed by atoms with Gasteiger partial charge in [-0.15, -0.1) is 5.10 Å². The van der Waals surface area contributed by atoms with Gasteiger partial charge in [0.25, 0.3) is 5.88 Å². The zero-order valence-corrected chi connectivity index (χ0v) is 17.4. The maximum atomic E-state index is 12.5. The van der Waals surface area contributed by atoms with E-state index in [1.165, 1.54) is 0 Å². The van der Waals surface area contributed by atoms with Crippen molar-refractivity contribution in [1.82, 2.24) is 15.1 Å². The van der Waals surface area contributed by atoms with E-state index in [1.807, 2.05) is 31.2 Å². The van der Waals surface area contributed by atoms with E-state index in [-0.39, 0.29) is 30.6 Å². The number of carbonyl (C=O) groups excluding carboxylic acids is 2. The molecule has 0 fully saturated rings. The molecule has 3 rings (SSSR count). The van der Waals surface area contributed by atoms with E-state index in [1.54, 1.807) is 44.5 Å². The van der Waals surface area contributed by atoms with Gasteiger partial charge in [0.05, 0.1) is 19.9 Å². The van der Waals surface area contributed by atoms with Gasteiger partial charge in [-0.05, 0) is 54.5 Å². The second-order valence-corrected chi connectivity index (χ2v) is 6.39. The molecule has 0 amide bonds. The molecule has 0 aliphatic rings. The highest BCUT2D eigenvalue weighted by Gasteiger charge is 2.24. The van der Waals surface area contributed by atoms with Crippen molar-refractivity contribution in [2.75, 3.05) is 20.3 Å². The molecule has 0 N–H and O–H groups in total. The first kappa shape index (κ1) is 21.7. The molecule has 0 saturated heterocycles. The van der Waals surface area contributed by atoms with Crippen LogP contribution in [0.25, 0.3) is 0 Å². The van der Waals surface area contributed by atoms with Gasteiger partial charge in [0.15, 0.2) is 12.4 Å². The summed E-state index contributed by atoms with van der Waals surface area (Å²) in [6.07, 6.45) is 1.57. The first-order valence-corrected chi connectivity index (χ1v) is 9.56. The normalized spacial score (nSPS) is 10.8. The summed E-state index contributed by atoms with van der Waals surface area (Å²) in [7, 11) is 1.54. The topological polar surface area (TPSA) is 105 Å². The highest BCUT2D eigenvalue weighted by atomic mass is 16.5. The van der Waals surface area contributed by atoms with Crippen molar-refractivity contribution >= 4 is 18.0 Å². The maximum absolute atomic E-state index is 12.5. The molecule has 3 aromatic rings. The Morgan fingerprint density at radius 3 is 2.55 bits per heavy atom. The molecule has 1 heterocycles. The summed E-state index contributed by atoms with van der Waals surface area (Å²) in [4.78, 5) is 25.8. The van der Waals surface area contributed by atoms with E-state index in [2.05, 4.69) is 15.4 Å². The van der Waals surface area contributed by atoms with Gasteiger partial charge in [-0.1, -0.05) is 29.1 Å². The third-order valence-electron chi connectivity index (χ3n) is 4.33. The molecule has 0 spiro atoms. The lowest BCUT2D eigenvalue weighted by Crippen LogP contribution is -2.15. The van der Waals surface area contributed by atoms with E-state index >= 15 is 0 Å². The molecule has 31 heavy (non-hydrogen) atoms. The van der Waals surface area contributed by atoms with E-state index in [0.717, 1.165) is 15.9 Å². The standard InChI is InChI=1S/C22H22N4O5/c1-4-30-22(28)20-21(31-14-19(27)16-9-11-18(29-3)12-10-16)26(25-24-20)23-13-17-8-6-5-7-15(17)2/h5-13H,4,14H2,1-3H3/b23-13-. The van der Waals surface area contributed by atoms with Gasteiger partial charge in [0.1, 0.15) is 5.75 Å². The van der Waals surface area contributed by atoms with Crippen molar-refractivity contribution < 1.29 is 23.8 Å². The number of aromatic nitrogens is 3. The lowest BCUT2D eigenvalue weighted by molar-refractivity contribution is 0.0512. The fourth-order valence-corrected chi connectivity index (χ4v) is 2.64. The molecular formula is C22H22N4O5. The molecule has 0 bridgehead atoms. The molecule has 0 aliphatic heterocycles. The molecular weight excluding hydrogens is 400 g/mol. The van der Waals surface area contributed by atoms with Gasteiger partial charge < -0.3 is 14.2 Å². The monoisotopic (exact) mass is 422 g/mol. The molecule has 1 aromatic heterocycles. The Labute approximate surface area is 179 Å². The fraction of sp³-hybridized carbons (Fsp3) is 0.227. The van der Waals surface area contributed by atoms with Crippen molar-refractivity contribution in [3.8, 4) is 11.6 Å². The minimum atomic E-state index is -0.716. The minimum Gasteiger partial charge on any atom is -0.497 e. The van der Waals surface area contributed by atoms with Crippen molar-refractivity contribution in [2.45, 2.75) is 13.8 Å². The quantitative estimate of drug-likeness (QED) is 0.297. The van der Waals surface area contributed by atoms with Gasteiger partial charge >= 0.3 is 5.97 Å². The van der Waals surface area contributed by atoms with Gasteiger partial charge in [-0.3, -0.25) is 4.79 Å². The Hall–Kier alpha value is -4.01. The van der Waals surface area contributed by atoms with Crippen LogP contribution in [0.3, 0.4) is 0 Å². The van der Waals surface area contributed by atoms with Crippen molar-refractivity contribution in [1.29, 1.82) is 0 Å². The number of aryl methyl sites for hydroxylation is 1. The van der Waals surface area contributed by atoms with Gasteiger partial charge in [0, 0.05) is 5.56 Å². The predicted octanol–water partition coefficient (Wildman–Crippen LogP) is 2.92. The van der Waals surface area contributed by atoms with Crippen molar-refractivity contribution in [3.05, 3.63) is 70.9 Å². The highest BCUT2D eigenvalue weighted by molar-refractivity contribution is 5.97. The van der Waals surface area contributed by atoms with Crippen LogP contribution in [0.1, 0.15) is 38.9 Å². The predicted molar refractivity (Wildman–Crippen MR) is 113 cm³/mol. The Bertz CT molecular complexity index is 1090. The molecule has 160 valence electrons. The Kier molecular flexibility index (Phi) is 7.10. The zero-order valence-electron chi connectivity index (χ0n) is 17.4. The number of ether oxygens (including phenoxy) is 3. The fourth-order valence-electron chi connectivity index (χ4n) is 2.64. The highest BCUT2D eigenvalue weighted by Crippen LogP contribution is 2.18. The molecule has 0 unspecified atom stereocenters. The average Bonchev–Trinajstić information content (AvgIpc) is 3.20. The minimum absolute atomic E-state index is 0.0786. The Morgan fingerprint density at radius 2 is 1.87 bits per heavy atom. The SMILES string of the molecule is CCOC(=O)c1nnn(/N=C\c2ccccc2C)c1OCC(=O)c1ccc(OC)cc1. The third-order valence-corrected chi connectivity index (χ3v) is 4.33. The van der Waals surface area contributed by atoms with Gasteiger partial charge in [-0.25, -0.2) is 4.79 Å². The summed E-state index contributed by atoms with van der Waals surface area (Å²) >= 11 is 0. The van der Waals surface area contributed by atoms with Crippen LogP contribution in [0.5, 0.6) is 11.6 Å². The number of esters is 1. The molecule has 0 radical (unpaired) electrons. The molecule has 0 saturated carbocycles. The molecule has 9 heteroatoms. The second kappa shape index (κ2) is 10.1. The number of rotatable bonds is 9. The smallest absolute Gasteiger partial charge is 0.364 e. The third kappa shape index (κ3) is 5.33. The summed E-state index contributed by atoms with van der Waals surface area (Å²) < 4.78 is 15.7. The van der Waals surface area contributed by atoms with Crippen molar-refractivity contribution in [2.24, 2.45) is 5.10 Å². The maximum Gasteiger partial charge on any atom is 0.364 e. The largest absolute Gasteiger partial charge is 0.497 e. The van der Waals surface area contributed by atoms with Crippen LogP contribution in [0.4, 0.5) is 0 Å². The Balaban J connectivity index is 1.83. The number of nitrogens with zero attached hydrogens (tertiary/aromatic N) is 4. The number of methoxy groups -OCH3 is 1. The summed E-state index contributed by atoms with van der Waals surface area (Å²) in [6, 6.07) is 14.2. The molecule has 0 atom stereocenters. The summed E-state index contributed by atoms with van der Waals surface area (Å²) in [5.41, 5.74) is 2.14. The molecule has 9 nitrogen and oxygen atoms in total. The second-order valence-electron chi connectivity index (χ2n) is 6.39. The number of hydrogen-bond donors (Lipinski definition) is 0. The van der Waals surface area contributed by atoms with Gasteiger partial charge in [0.2, 0.25) is 5.69 Å². The number of ketones is 1. The van der Waals surface area contributed by atoms with Crippen LogP contribution in [0.15, 0.2) is 53.6 Å². The van der Waals surface area contributed by atoms with Crippen LogP contribution in [-0.4, -0.2) is 53.4 Å². The lowest BCUT2D eigenvalue weighted by atomic mass is 10.1. The summed E-state index contributed by atoms with van der Waals surface area (Å²) in [6.45, 7) is 3.43. The molecule has 2 aromatic carbocycles. The molecule has 0 aliphatic carbocycles. The Morgan fingerprint density at radius 1 is 1.13 bits per heavy atom. The number of benzene rings is 2. The van der Waals surface area contributed by atoms with E-state index in [4.69, 9.17) is 14.2 Å². The number of Topliss-reactive ketones (excluding diaryl/α,β-unsaturated/α-hetero) is 1. The van der Waals surface area contributed by atoms with Gasteiger partial charge in [-0.2, -0.15) is 5.10 Å². The summed E-state index contributed by atoms with van der Waals surface area (Å²) in [5.74, 6) is -0.458. The number of hydrogen-bond acceptors (Lipinski definition) is 8. The van der Waals surface area contributed by atoms with E-state index < -0.39 is 5.97 Å². The number of carbonyl (C=O) groups is 2. The van der Waals surface area contributed by atoms with Crippen LogP contribution in [-0.2, 0) is 4.74 Å². The van der Waals surface area contributed by atoms with Crippen LogP contribution in [0.2, 0.25) is 0 Å². The van der Waals surface area contributed by atoms with E-state index in [0.29, 0.717) is 11.3 Å². The first-order chi connectivity index (χ1) is 15.0. The van der Waals surface area contributed by atoms with Crippen LogP contribution in [0, 0.1) is 6.92 Å². The van der Waals surface area contributed by atoms with Crippen LogP contribution >= 0.6 is 0 Å². The zero-order chi connectivity index (χ0) is 22.2. The average molecular weight is 422 g/mol. The van der Waals surface area contributed by atoms with Crippen molar-refractivity contribution in [3.63, 3.8) is 0 Å². The summed E-state index contributed by atoms with van der Waals surface area (Å²) in [5, 5.41) is 11.9. The lowest BCUT2D eigenvalue weighted by Gasteiger charge is -2.07. The van der Waals surface area contributed by atoms with E-state index in [9.17, 15) is 9.59 Å². The first-order valence-electron chi connectivity index (χ1n) is 9.56.